The van der Waals surface area contributed by atoms with Gasteiger partial charge in [-0.1, -0.05) is 6.92 Å². The molecule has 2 aromatic rings. The summed E-state index contributed by atoms with van der Waals surface area (Å²) in [5.41, 5.74) is 2.94. The van der Waals surface area contributed by atoms with Crippen LogP contribution in [0.25, 0.3) is 11.5 Å². The molecular formula is C14H17BrN4. The molecule has 4 nitrogen and oxygen atoms in total. The van der Waals surface area contributed by atoms with Crippen LogP contribution in [0.2, 0.25) is 0 Å². The second-order valence-electron chi connectivity index (χ2n) is 4.18. The third-order valence-electron chi connectivity index (χ3n) is 2.88. The van der Waals surface area contributed by atoms with Crippen molar-refractivity contribution in [3.05, 3.63) is 34.1 Å². The first-order valence-corrected chi connectivity index (χ1v) is 7.18. The Bertz CT molecular complexity index is 584. The normalized spacial score (nSPS) is 10.5. The van der Waals surface area contributed by atoms with Gasteiger partial charge in [-0.25, -0.2) is 9.97 Å². The summed E-state index contributed by atoms with van der Waals surface area (Å²) < 4.78 is 0.904. The molecule has 2 rings (SSSR count). The molecule has 2 aromatic heterocycles. The van der Waals surface area contributed by atoms with Crippen LogP contribution in [0.4, 0.5) is 5.82 Å². The molecule has 2 heterocycles. The van der Waals surface area contributed by atoms with Gasteiger partial charge >= 0.3 is 0 Å². The molecule has 0 spiro atoms. The Morgan fingerprint density at radius 1 is 1.26 bits per heavy atom. The quantitative estimate of drug-likeness (QED) is 0.935. The van der Waals surface area contributed by atoms with Gasteiger partial charge in [0.15, 0.2) is 5.82 Å². The van der Waals surface area contributed by atoms with Gasteiger partial charge in [-0.15, -0.1) is 0 Å². The SMILES string of the molecule is CCNc1nc(-c2ncccc2Br)nc(C)c1CC. The van der Waals surface area contributed by atoms with Crippen LogP contribution in [-0.4, -0.2) is 21.5 Å². The largest absolute Gasteiger partial charge is 0.370 e. The van der Waals surface area contributed by atoms with E-state index in [2.05, 4.69) is 50.0 Å². The van der Waals surface area contributed by atoms with Gasteiger partial charge in [-0.05, 0) is 48.3 Å². The molecule has 0 aliphatic carbocycles. The lowest BCUT2D eigenvalue weighted by Gasteiger charge is -2.13. The van der Waals surface area contributed by atoms with Gasteiger partial charge in [0.05, 0.1) is 0 Å². The zero-order valence-corrected chi connectivity index (χ0v) is 13.0. The van der Waals surface area contributed by atoms with Gasteiger partial charge in [-0.2, -0.15) is 0 Å². The van der Waals surface area contributed by atoms with Crippen LogP contribution in [0.5, 0.6) is 0 Å². The molecule has 5 heteroatoms. The van der Waals surface area contributed by atoms with Crippen LogP contribution in [0, 0.1) is 6.92 Å². The van der Waals surface area contributed by atoms with Gasteiger partial charge in [0.25, 0.3) is 0 Å². The maximum absolute atomic E-state index is 4.61. The van der Waals surface area contributed by atoms with E-state index in [0.29, 0.717) is 5.82 Å². The van der Waals surface area contributed by atoms with Crippen molar-refractivity contribution in [3.8, 4) is 11.5 Å². The van der Waals surface area contributed by atoms with Crippen molar-refractivity contribution in [1.82, 2.24) is 15.0 Å². The predicted octanol–water partition coefficient (Wildman–Crippen LogP) is 3.60. The first-order chi connectivity index (χ1) is 9.17. The molecule has 0 saturated carbocycles. The van der Waals surface area contributed by atoms with Crippen LogP contribution < -0.4 is 5.32 Å². The zero-order valence-electron chi connectivity index (χ0n) is 11.4. The molecule has 0 amide bonds. The highest BCUT2D eigenvalue weighted by Crippen LogP contribution is 2.26. The number of anilines is 1. The van der Waals surface area contributed by atoms with Crippen LogP contribution in [0.3, 0.4) is 0 Å². The summed E-state index contributed by atoms with van der Waals surface area (Å²) >= 11 is 3.49. The fourth-order valence-corrected chi connectivity index (χ4v) is 2.42. The molecule has 0 radical (unpaired) electrons. The highest BCUT2D eigenvalue weighted by Gasteiger charge is 2.13. The van der Waals surface area contributed by atoms with Gasteiger partial charge < -0.3 is 5.32 Å². The van der Waals surface area contributed by atoms with Crippen LogP contribution in [0.15, 0.2) is 22.8 Å². The van der Waals surface area contributed by atoms with E-state index >= 15 is 0 Å². The molecule has 0 aliphatic rings. The average Bonchev–Trinajstić information content (AvgIpc) is 2.39. The minimum absolute atomic E-state index is 0.651. The minimum atomic E-state index is 0.651. The number of rotatable bonds is 4. The highest BCUT2D eigenvalue weighted by atomic mass is 79.9. The first-order valence-electron chi connectivity index (χ1n) is 6.39. The summed E-state index contributed by atoms with van der Waals surface area (Å²) in [5, 5.41) is 3.30. The lowest BCUT2D eigenvalue weighted by molar-refractivity contribution is 0.982. The second-order valence-corrected chi connectivity index (χ2v) is 5.03. The number of hydrogen-bond acceptors (Lipinski definition) is 4. The van der Waals surface area contributed by atoms with E-state index in [4.69, 9.17) is 0 Å². The van der Waals surface area contributed by atoms with Crippen molar-refractivity contribution < 1.29 is 0 Å². The smallest absolute Gasteiger partial charge is 0.181 e. The number of aromatic nitrogens is 3. The Labute approximate surface area is 121 Å². The fourth-order valence-electron chi connectivity index (χ4n) is 1.99. The summed E-state index contributed by atoms with van der Waals surface area (Å²) in [6.45, 7) is 7.03. The number of nitrogens with one attached hydrogen (secondary N) is 1. The van der Waals surface area contributed by atoms with Gasteiger partial charge in [0.1, 0.15) is 11.5 Å². The molecule has 100 valence electrons. The molecule has 0 bridgehead atoms. The van der Waals surface area contributed by atoms with E-state index in [1.807, 2.05) is 19.1 Å². The van der Waals surface area contributed by atoms with Gasteiger partial charge in [-0.3, -0.25) is 4.98 Å². The number of nitrogens with zero attached hydrogens (tertiary/aromatic N) is 3. The molecule has 1 N–H and O–H groups in total. The van der Waals surface area contributed by atoms with Crippen molar-refractivity contribution in [2.75, 3.05) is 11.9 Å². The maximum Gasteiger partial charge on any atom is 0.181 e. The standard InChI is InChI=1S/C14H17BrN4/c1-4-10-9(3)18-14(19-13(10)16-5-2)12-11(15)7-6-8-17-12/h6-8H,4-5H2,1-3H3,(H,16,18,19). The molecule has 0 saturated heterocycles. The molecule has 0 atom stereocenters. The Morgan fingerprint density at radius 2 is 2.05 bits per heavy atom. The Balaban J connectivity index is 2.57. The van der Waals surface area contributed by atoms with E-state index in [0.717, 1.165) is 40.2 Å². The third kappa shape index (κ3) is 2.92. The molecule has 0 aliphatic heterocycles. The molecular weight excluding hydrogens is 304 g/mol. The van der Waals surface area contributed by atoms with Gasteiger partial charge in [0, 0.05) is 28.5 Å². The number of hydrogen-bond donors (Lipinski definition) is 1. The monoisotopic (exact) mass is 320 g/mol. The van der Waals surface area contributed by atoms with E-state index in [9.17, 15) is 0 Å². The fraction of sp³-hybridized carbons (Fsp3) is 0.357. The van der Waals surface area contributed by atoms with Crippen LogP contribution in [-0.2, 0) is 6.42 Å². The number of pyridine rings is 1. The molecule has 0 unspecified atom stereocenters. The number of aryl methyl sites for hydroxylation is 1. The van der Waals surface area contributed by atoms with Crippen molar-refractivity contribution in [2.45, 2.75) is 27.2 Å². The third-order valence-corrected chi connectivity index (χ3v) is 3.52. The summed E-state index contributed by atoms with van der Waals surface area (Å²) in [6.07, 6.45) is 2.66. The average molecular weight is 321 g/mol. The zero-order chi connectivity index (χ0) is 13.8. The van der Waals surface area contributed by atoms with E-state index < -0.39 is 0 Å². The Morgan fingerprint density at radius 3 is 2.68 bits per heavy atom. The van der Waals surface area contributed by atoms with Crippen molar-refractivity contribution in [2.24, 2.45) is 0 Å². The topological polar surface area (TPSA) is 50.7 Å². The predicted molar refractivity (Wildman–Crippen MR) is 81.2 cm³/mol. The Hall–Kier alpha value is -1.49. The van der Waals surface area contributed by atoms with E-state index in [1.165, 1.54) is 0 Å². The lowest BCUT2D eigenvalue weighted by Crippen LogP contribution is -2.08. The maximum atomic E-state index is 4.61. The van der Waals surface area contributed by atoms with Crippen molar-refractivity contribution in [3.63, 3.8) is 0 Å². The van der Waals surface area contributed by atoms with Crippen LogP contribution >= 0.6 is 15.9 Å². The summed E-state index contributed by atoms with van der Waals surface area (Å²) in [6, 6.07) is 3.83. The highest BCUT2D eigenvalue weighted by molar-refractivity contribution is 9.10. The number of halogens is 1. The van der Waals surface area contributed by atoms with Crippen LogP contribution in [0.1, 0.15) is 25.1 Å². The summed E-state index contributed by atoms with van der Waals surface area (Å²) in [4.78, 5) is 13.5. The van der Waals surface area contributed by atoms with Crippen molar-refractivity contribution in [1.29, 1.82) is 0 Å². The van der Waals surface area contributed by atoms with Crippen molar-refractivity contribution >= 4 is 21.7 Å². The minimum Gasteiger partial charge on any atom is -0.370 e. The van der Waals surface area contributed by atoms with E-state index in [-0.39, 0.29) is 0 Å². The Kier molecular flexibility index (Phi) is 4.47. The first kappa shape index (κ1) is 13.9. The lowest BCUT2D eigenvalue weighted by atomic mass is 10.1. The second kappa shape index (κ2) is 6.10. The summed E-state index contributed by atoms with van der Waals surface area (Å²) in [7, 11) is 0. The summed E-state index contributed by atoms with van der Waals surface area (Å²) in [5.74, 6) is 1.56. The molecule has 0 aromatic carbocycles. The van der Waals surface area contributed by atoms with Gasteiger partial charge in [0.2, 0.25) is 0 Å². The molecule has 0 fully saturated rings. The van der Waals surface area contributed by atoms with E-state index in [1.54, 1.807) is 6.20 Å². The molecule has 19 heavy (non-hydrogen) atoms.